The average Bonchev–Trinajstić information content (AvgIpc) is 3.01. The smallest absolute Gasteiger partial charge is 0.201 e. The molecule has 1 heterocycles. The average molecular weight is 326 g/mol. The number of ether oxygens (including phenoxy) is 1. The fourth-order valence-corrected chi connectivity index (χ4v) is 4.15. The number of rotatable bonds is 5. The first-order chi connectivity index (χ1) is 10.6. The molecule has 1 aliphatic rings. The van der Waals surface area contributed by atoms with E-state index in [2.05, 4.69) is 6.92 Å². The van der Waals surface area contributed by atoms with E-state index >= 15 is 0 Å². The Balaban J connectivity index is 1.86. The third-order valence-corrected chi connectivity index (χ3v) is 5.08. The Morgan fingerprint density at radius 2 is 2.05 bits per heavy atom. The van der Waals surface area contributed by atoms with Crippen LogP contribution in [0.2, 0.25) is 0 Å². The minimum absolute atomic E-state index is 0.0391. The molecule has 0 spiro atoms. The normalized spacial score (nSPS) is 16.8. The van der Waals surface area contributed by atoms with Gasteiger partial charge in [0.15, 0.2) is 11.6 Å². The zero-order chi connectivity index (χ0) is 15.7. The van der Waals surface area contributed by atoms with Gasteiger partial charge in [0.05, 0.1) is 13.3 Å². The Hall–Kier alpha value is -1.49. The molecule has 118 valence electrons. The topological polar surface area (TPSA) is 9.23 Å². The summed E-state index contributed by atoms with van der Waals surface area (Å²) in [5, 5.41) is 0. The highest BCUT2D eigenvalue weighted by Gasteiger charge is 2.23. The molecule has 1 aliphatic carbocycles. The Morgan fingerprint density at radius 3 is 2.77 bits per heavy atom. The van der Waals surface area contributed by atoms with Crippen LogP contribution in [0.15, 0.2) is 18.2 Å². The summed E-state index contributed by atoms with van der Waals surface area (Å²) >= 11 is 1.53. The molecule has 0 saturated heterocycles. The summed E-state index contributed by atoms with van der Waals surface area (Å²) in [4.78, 5) is 2.02. The van der Waals surface area contributed by atoms with Gasteiger partial charge in [-0.3, -0.25) is 4.39 Å². The SMILES string of the molecule is CC1Cc2cc(-c3ccc(OCCCF)c(F)c3F)sc2C1. The third-order valence-electron chi connectivity index (χ3n) is 3.85. The quantitative estimate of drug-likeness (QED) is 0.689. The number of thiophene rings is 1. The molecule has 1 atom stereocenters. The monoisotopic (exact) mass is 326 g/mol. The van der Waals surface area contributed by atoms with Crippen LogP contribution in [-0.4, -0.2) is 13.3 Å². The number of benzene rings is 1. The lowest BCUT2D eigenvalue weighted by Gasteiger charge is -2.09. The van der Waals surface area contributed by atoms with Crippen molar-refractivity contribution >= 4 is 11.3 Å². The Morgan fingerprint density at radius 1 is 1.23 bits per heavy atom. The fraction of sp³-hybridized carbons (Fsp3) is 0.412. The molecule has 0 amide bonds. The first-order valence-corrected chi connectivity index (χ1v) is 8.20. The number of hydrogen-bond donors (Lipinski definition) is 0. The van der Waals surface area contributed by atoms with Gasteiger partial charge in [0.25, 0.3) is 0 Å². The minimum Gasteiger partial charge on any atom is -0.490 e. The summed E-state index contributed by atoms with van der Waals surface area (Å²) in [5.74, 6) is -1.43. The Labute approximate surface area is 131 Å². The van der Waals surface area contributed by atoms with Gasteiger partial charge in [0, 0.05) is 21.7 Å². The van der Waals surface area contributed by atoms with E-state index in [-0.39, 0.29) is 24.3 Å². The largest absolute Gasteiger partial charge is 0.490 e. The summed E-state index contributed by atoms with van der Waals surface area (Å²) in [7, 11) is 0. The van der Waals surface area contributed by atoms with Crippen LogP contribution in [0, 0.1) is 17.6 Å². The van der Waals surface area contributed by atoms with Crippen molar-refractivity contribution in [1.29, 1.82) is 0 Å². The molecule has 1 aromatic carbocycles. The standard InChI is InChI=1S/C17H17F3OS/c1-10-7-11-9-15(22-14(11)8-10)12-3-4-13(17(20)16(12)19)21-6-2-5-18/h3-4,9-10H,2,5-8H2,1H3. The molecule has 5 heteroatoms. The third kappa shape index (κ3) is 2.86. The van der Waals surface area contributed by atoms with Crippen molar-refractivity contribution in [2.24, 2.45) is 5.92 Å². The predicted octanol–water partition coefficient (Wildman–Crippen LogP) is 5.17. The summed E-state index contributed by atoms with van der Waals surface area (Å²) in [6, 6.07) is 4.91. The molecule has 0 radical (unpaired) electrons. The molecule has 1 unspecified atom stereocenters. The lowest BCUT2D eigenvalue weighted by molar-refractivity contribution is 0.273. The molecule has 0 fully saturated rings. The van der Waals surface area contributed by atoms with Crippen LogP contribution >= 0.6 is 11.3 Å². The van der Waals surface area contributed by atoms with Crippen molar-refractivity contribution in [2.45, 2.75) is 26.2 Å². The maximum atomic E-state index is 14.3. The van der Waals surface area contributed by atoms with E-state index in [4.69, 9.17) is 4.74 Å². The van der Waals surface area contributed by atoms with E-state index in [1.807, 2.05) is 6.07 Å². The van der Waals surface area contributed by atoms with Gasteiger partial charge in [-0.05, 0) is 42.5 Å². The summed E-state index contributed by atoms with van der Waals surface area (Å²) < 4.78 is 45.4. The van der Waals surface area contributed by atoms with Crippen LogP contribution in [0.3, 0.4) is 0 Å². The summed E-state index contributed by atoms with van der Waals surface area (Å²) in [6.07, 6.45) is 2.17. The molecule has 1 aromatic heterocycles. The van der Waals surface area contributed by atoms with Gasteiger partial charge >= 0.3 is 0 Å². The zero-order valence-corrected chi connectivity index (χ0v) is 13.1. The van der Waals surface area contributed by atoms with Crippen molar-refractivity contribution in [2.75, 3.05) is 13.3 Å². The fourth-order valence-electron chi connectivity index (χ4n) is 2.78. The van der Waals surface area contributed by atoms with E-state index in [0.717, 1.165) is 17.7 Å². The summed E-state index contributed by atoms with van der Waals surface area (Å²) in [5.41, 5.74) is 1.51. The van der Waals surface area contributed by atoms with E-state index in [0.29, 0.717) is 5.92 Å². The van der Waals surface area contributed by atoms with Crippen LogP contribution in [0.25, 0.3) is 10.4 Å². The first kappa shape index (κ1) is 15.4. The second-order valence-corrected chi connectivity index (χ2v) is 6.84. The maximum Gasteiger partial charge on any atom is 0.201 e. The van der Waals surface area contributed by atoms with Crippen molar-refractivity contribution in [1.82, 2.24) is 0 Å². The van der Waals surface area contributed by atoms with Crippen molar-refractivity contribution in [3.8, 4) is 16.2 Å². The highest BCUT2D eigenvalue weighted by atomic mass is 32.1. The number of fused-ring (bicyclic) bond motifs is 1. The van der Waals surface area contributed by atoms with Crippen LogP contribution < -0.4 is 4.74 Å². The van der Waals surface area contributed by atoms with Crippen molar-refractivity contribution in [3.05, 3.63) is 40.3 Å². The molecule has 3 rings (SSSR count). The van der Waals surface area contributed by atoms with Gasteiger partial charge < -0.3 is 4.74 Å². The van der Waals surface area contributed by atoms with Gasteiger partial charge in [-0.25, -0.2) is 4.39 Å². The predicted molar refractivity (Wildman–Crippen MR) is 82.3 cm³/mol. The molecule has 1 nitrogen and oxygen atoms in total. The number of hydrogen-bond acceptors (Lipinski definition) is 2. The lowest BCUT2D eigenvalue weighted by atomic mass is 10.1. The van der Waals surface area contributed by atoms with Crippen LogP contribution in [0.4, 0.5) is 13.2 Å². The van der Waals surface area contributed by atoms with E-state index in [9.17, 15) is 13.2 Å². The van der Waals surface area contributed by atoms with Crippen LogP contribution in [0.1, 0.15) is 23.8 Å². The van der Waals surface area contributed by atoms with E-state index in [1.165, 1.54) is 33.9 Å². The molecular weight excluding hydrogens is 309 g/mol. The lowest BCUT2D eigenvalue weighted by Crippen LogP contribution is -2.02. The summed E-state index contributed by atoms with van der Waals surface area (Å²) in [6.45, 7) is 1.69. The zero-order valence-electron chi connectivity index (χ0n) is 12.3. The maximum absolute atomic E-state index is 14.3. The second kappa shape index (κ2) is 6.32. The number of alkyl halides is 1. The van der Waals surface area contributed by atoms with Gasteiger partial charge in [-0.1, -0.05) is 6.92 Å². The molecule has 0 saturated carbocycles. The number of halogens is 3. The van der Waals surface area contributed by atoms with Gasteiger partial charge in [-0.2, -0.15) is 4.39 Å². The minimum atomic E-state index is -1.00. The molecule has 2 aromatic rings. The van der Waals surface area contributed by atoms with Crippen LogP contribution in [0.5, 0.6) is 5.75 Å². The molecule has 0 bridgehead atoms. The highest BCUT2D eigenvalue weighted by Crippen LogP contribution is 2.40. The second-order valence-electron chi connectivity index (χ2n) is 5.70. The van der Waals surface area contributed by atoms with E-state index < -0.39 is 18.3 Å². The molecular formula is C17H17F3OS. The van der Waals surface area contributed by atoms with E-state index in [1.54, 1.807) is 0 Å². The van der Waals surface area contributed by atoms with Gasteiger partial charge in [-0.15, -0.1) is 11.3 Å². The van der Waals surface area contributed by atoms with Gasteiger partial charge in [0.2, 0.25) is 5.82 Å². The Kier molecular flexibility index (Phi) is 4.43. The van der Waals surface area contributed by atoms with Gasteiger partial charge in [0.1, 0.15) is 0 Å². The van der Waals surface area contributed by atoms with Crippen molar-refractivity contribution < 1.29 is 17.9 Å². The first-order valence-electron chi connectivity index (χ1n) is 7.39. The van der Waals surface area contributed by atoms with Crippen molar-refractivity contribution in [3.63, 3.8) is 0 Å². The molecule has 22 heavy (non-hydrogen) atoms. The highest BCUT2D eigenvalue weighted by molar-refractivity contribution is 7.15. The Bertz CT molecular complexity index is 657. The van der Waals surface area contributed by atoms with Crippen LogP contribution in [-0.2, 0) is 12.8 Å². The molecule has 0 aliphatic heterocycles. The molecule has 0 N–H and O–H groups in total.